The highest BCUT2D eigenvalue weighted by molar-refractivity contribution is 6.06. The molecule has 0 radical (unpaired) electrons. The molecule has 8 heteroatoms. The van der Waals surface area contributed by atoms with E-state index >= 15 is 0 Å². The summed E-state index contributed by atoms with van der Waals surface area (Å²) in [4.78, 5) is 50.9. The molecule has 0 spiro atoms. The lowest BCUT2D eigenvalue weighted by atomic mass is 9.81. The smallest absolute Gasteiger partial charge is 0.235 e. The Morgan fingerprint density at radius 3 is 2.28 bits per heavy atom. The summed E-state index contributed by atoms with van der Waals surface area (Å²) in [7, 11) is 1.55. The van der Waals surface area contributed by atoms with Crippen LogP contribution in [0.1, 0.15) is 37.3 Å². The van der Waals surface area contributed by atoms with Crippen molar-refractivity contribution in [1.82, 2.24) is 15.5 Å². The molecule has 4 rings (SSSR count). The van der Waals surface area contributed by atoms with Crippen molar-refractivity contribution in [2.45, 2.75) is 43.9 Å². The third-order valence-electron chi connectivity index (χ3n) is 6.14. The lowest BCUT2D eigenvalue weighted by Gasteiger charge is -2.20. The summed E-state index contributed by atoms with van der Waals surface area (Å²) >= 11 is 0. The van der Waals surface area contributed by atoms with Crippen molar-refractivity contribution < 1.29 is 23.9 Å². The summed E-state index contributed by atoms with van der Waals surface area (Å²) < 4.78 is 5.72. The molecule has 8 nitrogen and oxygen atoms in total. The lowest BCUT2D eigenvalue weighted by molar-refractivity contribution is -0.142. The standard InChI is InChI=1S/C21H25N3O5/c1-22-17(26)11-13(12-5-3-2-4-6-12)23-16(25)9-10-24-20(27)18-14-7-8-15(29-14)19(18)21(24)28/h2-6,13-15,18-19H,7-11H2,1H3,(H,22,26)(H,23,25). The largest absolute Gasteiger partial charge is 0.373 e. The first-order valence-electron chi connectivity index (χ1n) is 10.0. The molecule has 3 aliphatic rings. The number of fused-ring (bicyclic) bond motifs is 5. The van der Waals surface area contributed by atoms with Crippen LogP contribution in [-0.2, 0) is 23.9 Å². The number of ether oxygens (including phenoxy) is 1. The number of carbonyl (C=O) groups excluding carboxylic acids is 4. The van der Waals surface area contributed by atoms with Gasteiger partial charge in [-0.3, -0.25) is 24.1 Å². The molecule has 3 fully saturated rings. The van der Waals surface area contributed by atoms with Gasteiger partial charge < -0.3 is 15.4 Å². The van der Waals surface area contributed by atoms with Crippen LogP contribution in [0.2, 0.25) is 0 Å². The number of hydrogen-bond donors (Lipinski definition) is 2. The molecule has 0 saturated carbocycles. The Hall–Kier alpha value is -2.74. The fourth-order valence-corrected chi connectivity index (χ4v) is 4.70. The number of hydrogen-bond acceptors (Lipinski definition) is 5. The van der Waals surface area contributed by atoms with Crippen LogP contribution in [0, 0.1) is 11.8 Å². The maximum absolute atomic E-state index is 12.7. The average molecular weight is 399 g/mol. The number of nitrogens with zero attached hydrogens (tertiary/aromatic N) is 1. The van der Waals surface area contributed by atoms with Crippen molar-refractivity contribution in [1.29, 1.82) is 0 Å². The molecule has 29 heavy (non-hydrogen) atoms. The van der Waals surface area contributed by atoms with Crippen molar-refractivity contribution in [3.8, 4) is 0 Å². The average Bonchev–Trinajstić information content (AvgIpc) is 3.41. The van der Waals surface area contributed by atoms with Crippen LogP contribution in [0.25, 0.3) is 0 Å². The van der Waals surface area contributed by atoms with Crippen molar-refractivity contribution in [2.75, 3.05) is 13.6 Å². The normalized spacial score (nSPS) is 28.4. The highest BCUT2D eigenvalue weighted by atomic mass is 16.5. The van der Waals surface area contributed by atoms with Crippen molar-refractivity contribution in [2.24, 2.45) is 11.8 Å². The van der Waals surface area contributed by atoms with E-state index in [1.54, 1.807) is 7.05 Å². The molecule has 1 aromatic carbocycles. The fraction of sp³-hybridized carbons (Fsp3) is 0.524. The van der Waals surface area contributed by atoms with Gasteiger partial charge in [0.05, 0.1) is 36.5 Å². The monoisotopic (exact) mass is 399 g/mol. The molecular weight excluding hydrogens is 374 g/mol. The summed E-state index contributed by atoms with van der Waals surface area (Å²) in [6.45, 7) is 0.0530. The third-order valence-corrected chi connectivity index (χ3v) is 6.14. The quantitative estimate of drug-likeness (QED) is 0.651. The van der Waals surface area contributed by atoms with Crippen LogP contribution in [0.4, 0.5) is 0 Å². The van der Waals surface area contributed by atoms with Crippen molar-refractivity contribution in [3.63, 3.8) is 0 Å². The second kappa shape index (κ2) is 7.94. The Bertz CT molecular complexity index is 799. The molecule has 5 unspecified atom stereocenters. The van der Waals surface area contributed by atoms with Gasteiger partial charge in [-0.25, -0.2) is 0 Å². The molecule has 0 aromatic heterocycles. The highest BCUT2D eigenvalue weighted by Crippen LogP contribution is 2.48. The van der Waals surface area contributed by atoms with E-state index in [0.29, 0.717) is 0 Å². The Kier molecular flexibility index (Phi) is 5.36. The number of likely N-dealkylation sites (tertiary alicyclic amines) is 1. The number of nitrogens with one attached hydrogen (secondary N) is 2. The summed E-state index contributed by atoms with van der Waals surface area (Å²) in [5, 5.41) is 5.42. The van der Waals surface area contributed by atoms with Crippen LogP contribution >= 0.6 is 0 Å². The third kappa shape index (κ3) is 3.64. The van der Waals surface area contributed by atoms with E-state index in [1.165, 1.54) is 4.90 Å². The molecule has 3 saturated heterocycles. The minimum atomic E-state index is -0.475. The predicted molar refractivity (Wildman–Crippen MR) is 102 cm³/mol. The van der Waals surface area contributed by atoms with Crippen LogP contribution in [0.5, 0.6) is 0 Å². The minimum absolute atomic E-state index is 0.00415. The maximum Gasteiger partial charge on any atom is 0.235 e. The zero-order chi connectivity index (χ0) is 20.5. The Balaban J connectivity index is 1.37. The number of rotatable bonds is 7. The Morgan fingerprint density at radius 2 is 1.69 bits per heavy atom. The van der Waals surface area contributed by atoms with E-state index < -0.39 is 6.04 Å². The van der Waals surface area contributed by atoms with Crippen molar-refractivity contribution in [3.05, 3.63) is 35.9 Å². The van der Waals surface area contributed by atoms with Gasteiger partial charge in [0.15, 0.2) is 0 Å². The van der Waals surface area contributed by atoms with Crippen LogP contribution in [0.3, 0.4) is 0 Å². The molecule has 3 aliphatic heterocycles. The summed E-state index contributed by atoms with van der Waals surface area (Å²) in [5.74, 6) is -1.69. The summed E-state index contributed by atoms with van der Waals surface area (Å²) in [6, 6.07) is 8.76. The van der Waals surface area contributed by atoms with Gasteiger partial charge in [-0.2, -0.15) is 0 Å². The molecule has 2 bridgehead atoms. The van der Waals surface area contributed by atoms with Gasteiger partial charge in [-0.1, -0.05) is 30.3 Å². The van der Waals surface area contributed by atoms with Crippen LogP contribution < -0.4 is 10.6 Å². The van der Waals surface area contributed by atoms with Gasteiger partial charge in [-0.15, -0.1) is 0 Å². The Morgan fingerprint density at radius 1 is 1.07 bits per heavy atom. The SMILES string of the molecule is CNC(=O)CC(NC(=O)CCN1C(=O)C2C3CCC(O3)C2C1=O)c1ccccc1. The first-order valence-corrected chi connectivity index (χ1v) is 10.0. The molecular formula is C21H25N3O5. The van der Waals surface area contributed by atoms with Gasteiger partial charge >= 0.3 is 0 Å². The highest BCUT2D eigenvalue weighted by Gasteiger charge is 2.62. The number of amides is 4. The molecule has 1 aromatic rings. The van der Waals surface area contributed by atoms with Gasteiger partial charge in [0.1, 0.15) is 0 Å². The van der Waals surface area contributed by atoms with E-state index in [9.17, 15) is 19.2 Å². The number of benzene rings is 1. The molecule has 3 heterocycles. The van der Waals surface area contributed by atoms with E-state index in [4.69, 9.17) is 4.74 Å². The molecule has 0 aliphatic carbocycles. The predicted octanol–water partition coefficient (Wildman–Crippen LogP) is 0.533. The number of imide groups is 1. The zero-order valence-corrected chi connectivity index (χ0v) is 16.3. The first kappa shape index (κ1) is 19.6. The number of carbonyl (C=O) groups is 4. The van der Waals surface area contributed by atoms with E-state index in [-0.39, 0.29) is 67.1 Å². The zero-order valence-electron chi connectivity index (χ0n) is 16.3. The molecule has 5 atom stereocenters. The van der Waals surface area contributed by atoms with Gasteiger partial charge in [0, 0.05) is 20.0 Å². The Labute approximate surface area is 169 Å². The lowest BCUT2D eigenvalue weighted by Crippen LogP contribution is -2.38. The topological polar surface area (TPSA) is 105 Å². The van der Waals surface area contributed by atoms with Crippen LogP contribution in [0.15, 0.2) is 30.3 Å². The molecule has 4 amide bonds. The second-order valence-electron chi connectivity index (χ2n) is 7.83. The molecule has 154 valence electrons. The van der Waals surface area contributed by atoms with Gasteiger partial charge in [-0.05, 0) is 18.4 Å². The summed E-state index contributed by atoms with van der Waals surface area (Å²) in [5.41, 5.74) is 0.820. The second-order valence-corrected chi connectivity index (χ2v) is 7.83. The minimum Gasteiger partial charge on any atom is -0.373 e. The van der Waals surface area contributed by atoms with Crippen LogP contribution in [-0.4, -0.2) is 54.3 Å². The maximum atomic E-state index is 12.7. The van der Waals surface area contributed by atoms with Crippen molar-refractivity contribution >= 4 is 23.6 Å². The fourth-order valence-electron chi connectivity index (χ4n) is 4.70. The van der Waals surface area contributed by atoms with Gasteiger partial charge in [0.25, 0.3) is 0 Å². The van der Waals surface area contributed by atoms with E-state index in [2.05, 4.69) is 10.6 Å². The van der Waals surface area contributed by atoms with E-state index in [1.807, 2.05) is 30.3 Å². The molecule has 2 N–H and O–H groups in total. The van der Waals surface area contributed by atoms with E-state index in [0.717, 1.165) is 18.4 Å². The first-order chi connectivity index (χ1) is 14.0. The van der Waals surface area contributed by atoms with Gasteiger partial charge in [0.2, 0.25) is 23.6 Å². The summed E-state index contributed by atoms with van der Waals surface area (Å²) in [6.07, 6.45) is 1.43.